The van der Waals surface area contributed by atoms with Gasteiger partial charge in [0, 0.05) is 12.3 Å². The van der Waals surface area contributed by atoms with E-state index in [9.17, 15) is 4.79 Å². The van der Waals surface area contributed by atoms with Crippen molar-refractivity contribution in [2.75, 3.05) is 0 Å². The Bertz CT molecular complexity index is 429. The number of rotatable bonds is 1. The van der Waals surface area contributed by atoms with Crippen LogP contribution in [-0.2, 0) is 0 Å². The molecule has 64 valence electrons. The van der Waals surface area contributed by atoms with Gasteiger partial charge in [-0.05, 0) is 12.1 Å². The molecule has 0 bridgehead atoms. The minimum atomic E-state index is -0.327. The Morgan fingerprint density at radius 1 is 1.08 bits per heavy atom. The zero-order chi connectivity index (χ0) is 9.10. The molecule has 0 unspecified atom stereocenters. The SMILES string of the molecule is O=c1ccn(-c2ccccc2)nn1. The molecule has 2 aromatic rings. The van der Waals surface area contributed by atoms with Crippen LogP contribution >= 0.6 is 0 Å². The van der Waals surface area contributed by atoms with Crippen LogP contribution in [0.5, 0.6) is 0 Å². The average Bonchev–Trinajstić information content (AvgIpc) is 2.20. The molecular formula is C9H7N3O. The normalized spacial score (nSPS) is 9.85. The van der Waals surface area contributed by atoms with E-state index in [1.807, 2.05) is 30.3 Å². The Balaban J connectivity index is 2.48. The molecule has 0 atom stereocenters. The van der Waals surface area contributed by atoms with Gasteiger partial charge in [0.25, 0.3) is 5.56 Å². The van der Waals surface area contributed by atoms with Crippen LogP contribution in [-0.4, -0.2) is 15.0 Å². The molecule has 0 fully saturated rings. The van der Waals surface area contributed by atoms with Crippen LogP contribution in [0.25, 0.3) is 5.69 Å². The molecule has 1 heterocycles. The van der Waals surface area contributed by atoms with E-state index >= 15 is 0 Å². The summed E-state index contributed by atoms with van der Waals surface area (Å²) < 4.78 is 1.54. The third-order valence-corrected chi connectivity index (χ3v) is 1.62. The fraction of sp³-hybridized carbons (Fsp3) is 0. The lowest BCUT2D eigenvalue weighted by atomic mass is 10.3. The first-order valence-electron chi connectivity index (χ1n) is 3.84. The minimum Gasteiger partial charge on any atom is -0.266 e. The first-order chi connectivity index (χ1) is 6.36. The molecular weight excluding hydrogens is 166 g/mol. The molecule has 0 aliphatic heterocycles. The number of hydrogen-bond acceptors (Lipinski definition) is 3. The predicted octanol–water partition coefficient (Wildman–Crippen LogP) is 0.627. The Morgan fingerprint density at radius 2 is 1.85 bits per heavy atom. The van der Waals surface area contributed by atoms with Gasteiger partial charge in [-0.3, -0.25) is 4.79 Å². The van der Waals surface area contributed by atoms with Crippen LogP contribution in [0.1, 0.15) is 0 Å². The Hall–Kier alpha value is -1.97. The van der Waals surface area contributed by atoms with E-state index in [1.54, 1.807) is 10.9 Å². The van der Waals surface area contributed by atoms with Gasteiger partial charge in [-0.25, -0.2) is 4.68 Å². The lowest BCUT2D eigenvalue weighted by Gasteiger charge is -2.00. The summed E-state index contributed by atoms with van der Waals surface area (Å²) in [6, 6.07) is 10.9. The standard InChI is InChI=1S/C9H7N3O/c13-9-6-7-12(11-10-9)8-4-2-1-3-5-8/h1-7H. The van der Waals surface area contributed by atoms with Crippen molar-refractivity contribution in [3.63, 3.8) is 0 Å². The van der Waals surface area contributed by atoms with E-state index in [4.69, 9.17) is 0 Å². The minimum absolute atomic E-state index is 0.327. The molecule has 0 spiro atoms. The summed E-state index contributed by atoms with van der Waals surface area (Å²) in [7, 11) is 0. The third kappa shape index (κ3) is 1.61. The lowest BCUT2D eigenvalue weighted by Crippen LogP contribution is -2.12. The number of nitrogens with zero attached hydrogens (tertiary/aromatic N) is 3. The number of benzene rings is 1. The Kier molecular flexibility index (Phi) is 1.88. The first kappa shape index (κ1) is 7.67. The van der Waals surface area contributed by atoms with Crippen molar-refractivity contribution < 1.29 is 0 Å². The lowest BCUT2D eigenvalue weighted by molar-refractivity contribution is 0.728. The number of aromatic nitrogens is 3. The summed E-state index contributed by atoms with van der Waals surface area (Å²) in [5.74, 6) is 0. The number of hydrogen-bond donors (Lipinski definition) is 0. The molecule has 0 aliphatic carbocycles. The maximum absolute atomic E-state index is 10.7. The highest BCUT2D eigenvalue weighted by Crippen LogP contribution is 2.01. The second-order valence-electron chi connectivity index (χ2n) is 2.52. The first-order valence-corrected chi connectivity index (χ1v) is 3.84. The van der Waals surface area contributed by atoms with Gasteiger partial charge in [-0.1, -0.05) is 28.5 Å². The Morgan fingerprint density at radius 3 is 2.46 bits per heavy atom. The second-order valence-corrected chi connectivity index (χ2v) is 2.52. The molecule has 4 nitrogen and oxygen atoms in total. The fourth-order valence-electron chi connectivity index (χ4n) is 1.01. The van der Waals surface area contributed by atoms with Gasteiger partial charge in [-0.15, -0.1) is 0 Å². The molecule has 13 heavy (non-hydrogen) atoms. The molecule has 0 N–H and O–H groups in total. The predicted molar refractivity (Wildman–Crippen MR) is 47.6 cm³/mol. The molecule has 0 aliphatic rings. The quantitative estimate of drug-likeness (QED) is 0.635. The highest BCUT2D eigenvalue weighted by molar-refractivity contribution is 5.29. The third-order valence-electron chi connectivity index (χ3n) is 1.62. The Labute approximate surface area is 74.5 Å². The molecule has 2 rings (SSSR count). The van der Waals surface area contributed by atoms with Crippen LogP contribution in [0.4, 0.5) is 0 Å². The van der Waals surface area contributed by atoms with Crippen molar-refractivity contribution in [3.8, 4) is 5.69 Å². The van der Waals surface area contributed by atoms with E-state index < -0.39 is 0 Å². The van der Waals surface area contributed by atoms with Crippen LogP contribution in [0, 0.1) is 0 Å². The molecule has 1 aromatic carbocycles. The van der Waals surface area contributed by atoms with Crippen LogP contribution in [0.15, 0.2) is 47.4 Å². The highest BCUT2D eigenvalue weighted by atomic mass is 16.1. The van der Waals surface area contributed by atoms with Gasteiger partial charge in [0.2, 0.25) is 0 Å². The van der Waals surface area contributed by atoms with Gasteiger partial charge in [0.15, 0.2) is 0 Å². The summed E-state index contributed by atoms with van der Waals surface area (Å²) in [5, 5.41) is 7.12. The maximum Gasteiger partial charge on any atom is 0.291 e. The zero-order valence-electron chi connectivity index (χ0n) is 6.79. The zero-order valence-corrected chi connectivity index (χ0v) is 6.79. The average molecular weight is 173 g/mol. The summed E-state index contributed by atoms with van der Waals surface area (Å²) >= 11 is 0. The summed E-state index contributed by atoms with van der Waals surface area (Å²) in [4.78, 5) is 10.7. The van der Waals surface area contributed by atoms with Crippen molar-refractivity contribution in [3.05, 3.63) is 52.9 Å². The van der Waals surface area contributed by atoms with Crippen molar-refractivity contribution in [2.45, 2.75) is 0 Å². The summed E-state index contributed by atoms with van der Waals surface area (Å²) in [6.07, 6.45) is 1.59. The van der Waals surface area contributed by atoms with E-state index in [0.29, 0.717) is 0 Å². The van der Waals surface area contributed by atoms with Gasteiger partial charge < -0.3 is 0 Å². The summed E-state index contributed by atoms with van der Waals surface area (Å²) in [6.45, 7) is 0. The second kappa shape index (κ2) is 3.18. The number of para-hydroxylation sites is 1. The van der Waals surface area contributed by atoms with Crippen LogP contribution in [0.2, 0.25) is 0 Å². The van der Waals surface area contributed by atoms with Gasteiger partial charge in [0.05, 0.1) is 5.69 Å². The molecule has 0 amide bonds. The van der Waals surface area contributed by atoms with E-state index in [2.05, 4.69) is 10.3 Å². The van der Waals surface area contributed by atoms with Gasteiger partial charge in [-0.2, -0.15) is 0 Å². The smallest absolute Gasteiger partial charge is 0.266 e. The van der Waals surface area contributed by atoms with Crippen molar-refractivity contribution in [1.29, 1.82) is 0 Å². The molecule has 1 aromatic heterocycles. The van der Waals surface area contributed by atoms with E-state index in [1.165, 1.54) is 6.07 Å². The highest BCUT2D eigenvalue weighted by Gasteiger charge is 1.93. The molecule has 4 heteroatoms. The van der Waals surface area contributed by atoms with E-state index in [0.717, 1.165) is 5.69 Å². The molecule has 0 saturated carbocycles. The fourth-order valence-corrected chi connectivity index (χ4v) is 1.01. The topological polar surface area (TPSA) is 47.8 Å². The van der Waals surface area contributed by atoms with Crippen LogP contribution in [0.3, 0.4) is 0 Å². The monoisotopic (exact) mass is 173 g/mol. The maximum atomic E-state index is 10.7. The van der Waals surface area contributed by atoms with Gasteiger partial charge >= 0.3 is 0 Å². The van der Waals surface area contributed by atoms with Crippen molar-refractivity contribution >= 4 is 0 Å². The largest absolute Gasteiger partial charge is 0.291 e. The summed E-state index contributed by atoms with van der Waals surface area (Å²) in [5.41, 5.74) is 0.558. The van der Waals surface area contributed by atoms with Gasteiger partial charge in [0.1, 0.15) is 0 Å². The molecule has 0 radical (unpaired) electrons. The van der Waals surface area contributed by atoms with E-state index in [-0.39, 0.29) is 5.56 Å². The molecule has 0 saturated heterocycles. The van der Waals surface area contributed by atoms with Crippen LogP contribution < -0.4 is 5.56 Å². The van der Waals surface area contributed by atoms with Crippen molar-refractivity contribution in [1.82, 2.24) is 15.0 Å². The van der Waals surface area contributed by atoms with Crippen molar-refractivity contribution in [2.24, 2.45) is 0 Å².